The maximum absolute atomic E-state index is 4.37. The van der Waals surface area contributed by atoms with Gasteiger partial charge in [-0.1, -0.05) is 20.3 Å². The van der Waals surface area contributed by atoms with Gasteiger partial charge in [-0.3, -0.25) is 0 Å². The number of hydrogen-bond acceptors (Lipinski definition) is 4. The van der Waals surface area contributed by atoms with Crippen LogP contribution in [0.25, 0.3) is 0 Å². The van der Waals surface area contributed by atoms with E-state index < -0.39 is 0 Å². The van der Waals surface area contributed by atoms with E-state index in [4.69, 9.17) is 0 Å². The third-order valence-corrected chi connectivity index (χ3v) is 3.47. The number of aromatic nitrogens is 2. The summed E-state index contributed by atoms with van der Waals surface area (Å²) in [6.07, 6.45) is 6.40. The smallest absolute Gasteiger partial charge is 0.134 e. The molecule has 4 heteroatoms. The molecule has 0 amide bonds. The van der Waals surface area contributed by atoms with Crippen LogP contribution in [0.3, 0.4) is 0 Å². The van der Waals surface area contributed by atoms with Crippen molar-refractivity contribution >= 4 is 11.6 Å². The molecule has 0 aliphatic heterocycles. The molecule has 2 N–H and O–H groups in total. The van der Waals surface area contributed by atoms with Gasteiger partial charge in [-0.15, -0.1) is 0 Å². The van der Waals surface area contributed by atoms with Gasteiger partial charge in [0.1, 0.15) is 18.0 Å². The van der Waals surface area contributed by atoms with Crippen LogP contribution < -0.4 is 10.6 Å². The van der Waals surface area contributed by atoms with Gasteiger partial charge >= 0.3 is 0 Å². The molecule has 1 aromatic rings. The molecule has 1 aliphatic rings. The van der Waals surface area contributed by atoms with Gasteiger partial charge in [-0.25, -0.2) is 9.97 Å². The molecule has 1 saturated carbocycles. The quantitative estimate of drug-likeness (QED) is 0.794. The summed E-state index contributed by atoms with van der Waals surface area (Å²) in [5, 5.41) is 6.63. The first-order chi connectivity index (χ1) is 8.18. The molecule has 1 aliphatic carbocycles. The van der Waals surface area contributed by atoms with Crippen LogP contribution >= 0.6 is 0 Å². The van der Waals surface area contributed by atoms with Crippen molar-refractivity contribution in [2.24, 2.45) is 5.41 Å². The summed E-state index contributed by atoms with van der Waals surface area (Å²) in [5.41, 5.74) is 1.70. The Kier molecular flexibility index (Phi) is 3.50. The molecule has 0 radical (unpaired) electrons. The Morgan fingerprint density at radius 3 is 2.59 bits per heavy atom. The first-order valence-electron chi connectivity index (χ1n) is 6.44. The molecular formula is C13H22N4. The first kappa shape index (κ1) is 12.1. The van der Waals surface area contributed by atoms with Gasteiger partial charge in [0.2, 0.25) is 0 Å². The molecule has 2 rings (SSSR count). The van der Waals surface area contributed by atoms with Crippen molar-refractivity contribution in [1.29, 1.82) is 0 Å². The molecule has 1 aromatic heterocycles. The Bertz CT molecular complexity index is 385. The minimum atomic E-state index is 0.494. The van der Waals surface area contributed by atoms with Gasteiger partial charge in [0.05, 0.1) is 0 Å². The van der Waals surface area contributed by atoms with Crippen LogP contribution in [0.4, 0.5) is 11.6 Å². The number of nitrogens with one attached hydrogen (secondary N) is 2. The van der Waals surface area contributed by atoms with Gasteiger partial charge in [0, 0.05) is 19.2 Å². The van der Waals surface area contributed by atoms with Crippen LogP contribution in [0.15, 0.2) is 6.33 Å². The Hall–Kier alpha value is -1.32. The molecule has 1 fully saturated rings. The summed E-state index contributed by atoms with van der Waals surface area (Å²) in [5.74, 6) is 1.95. The van der Waals surface area contributed by atoms with Crippen molar-refractivity contribution in [2.45, 2.75) is 39.5 Å². The van der Waals surface area contributed by atoms with Crippen molar-refractivity contribution in [2.75, 3.05) is 24.2 Å². The summed E-state index contributed by atoms with van der Waals surface area (Å²) < 4.78 is 0. The van der Waals surface area contributed by atoms with Crippen LogP contribution in [-0.4, -0.2) is 23.6 Å². The Balaban J connectivity index is 2.13. The molecule has 0 atom stereocenters. The molecule has 0 saturated heterocycles. The summed E-state index contributed by atoms with van der Waals surface area (Å²) in [7, 11) is 1.91. The van der Waals surface area contributed by atoms with Crippen molar-refractivity contribution in [3.63, 3.8) is 0 Å². The van der Waals surface area contributed by atoms with Crippen LogP contribution in [0.5, 0.6) is 0 Å². The molecule has 17 heavy (non-hydrogen) atoms. The van der Waals surface area contributed by atoms with Gasteiger partial charge < -0.3 is 10.6 Å². The molecule has 0 bridgehead atoms. The number of anilines is 2. The van der Waals surface area contributed by atoms with Crippen LogP contribution in [-0.2, 0) is 6.42 Å². The van der Waals surface area contributed by atoms with E-state index in [1.165, 1.54) is 18.4 Å². The SMILES string of the molecule is CCCc1c(NC)ncnc1NCC1(C)CC1. The van der Waals surface area contributed by atoms with Crippen molar-refractivity contribution in [3.8, 4) is 0 Å². The molecule has 0 spiro atoms. The second-order valence-corrected chi connectivity index (χ2v) is 5.21. The topological polar surface area (TPSA) is 49.8 Å². The van der Waals surface area contributed by atoms with E-state index in [-0.39, 0.29) is 0 Å². The number of nitrogens with zero attached hydrogens (tertiary/aromatic N) is 2. The third-order valence-electron chi connectivity index (χ3n) is 3.47. The van der Waals surface area contributed by atoms with E-state index in [9.17, 15) is 0 Å². The average molecular weight is 234 g/mol. The highest BCUT2D eigenvalue weighted by Gasteiger charge is 2.37. The highest BCUT2D eigenvalue weighted by atomic mass is 15.1. The maximum Gasteiger partial charge on any atom is 0.134 e. The number of hydrogen-bond donors (Lipinski definition) is 2. The van der Waals surface area contributed by atoms with Gasteiger partial charge in [-0.05, 0) is 24.7 Å². The predicted molar refractivity (Wildman–Crippen MR) is 71.4 cm³/mol. The zero-order valence-electron chi connectivity index (χ0n) is 11.0. The van der Waals surface area contributed by atoms with E-state index in [0.717, 1.165) is 31.0 Å². The first-order valence-corrected chi connectivity index (χ1v) is 6.44. The summed E-state index contributed by atoms with van der Waals surface area (Å²) >= 11 is 0. The standard InChI is InChI=1S/C13H22N4/c1-4-5-10-11(14-3)16-9-17-12(10)15-8-13(2)6-7-13/h9H,4-8H2,1-3H3,(H2,14,15,16,17). The van der Waals surface area contributed by atoms with Crippen molar-refractivity contribution in [3.05, 3.63) is 11.9 Å². The van der Waals surface area contributed by atoms with E-state index >= 15 is 0 Å². The summed E-state index contributed by atoms with van der Waals surface area (Å²) in [6.45, 7) is 5.52. The maximum atomic E-state index is 4.37. The minimum Gasteiger partial charge on any atom is -0.373 e. The van der Waals surface area contributed by atoms with Gasteiger partial charge in [0.25, 0.3) is 0 Å². The van der Waals surface area contributed by atoms with E-state index in [0.29, 0.717) is 5.41 Å². The second kappa shape index (κ2) is 4.90. The van der Waals surface area contributed by atoms with Crippen LogP contribution in [0.2, 0.25) is 0 Å². The zero-order valence-corrected chi connectivity index (χ0v) is 11.0. The van der Waals surface area contributed by atoms with E-state index in [1.807, 2.05) is 7.05 Å². The lowest BCUT2D eigenvalue weighted by Gasteiger charge is -2.15. The van der Waals surface area contributed by atoms with Crippen LogP contribution in [0.1, 0.15) is 38.7 Å². The molecular weight excluding hydrogens is 212 g/mol. The van der Waals surface area contributed by atoms with Crippen molar-refractivity contribution in [1.82, 2.24) is 9.97 Å². The molecule has 0 aromatic carbocycles. The molecule has 4 nitrogen and oxygen atoms in total. The Morgan fingerprint density at radius 2 is 2.00 bits per heavy atom. The lowest BCUT2D eigenvalue weighted by atomic mass is 10.1. The third kappa shape index (κ3) is 2.87. The summed E-state index contributed by atoms with van der Waals surface area (Å²) in [6, 6.07) is 0. The number of rotatable bonds is 6. The lowest BCUT2D eigenvalue weighted by molar-refractivity contribution is 0.608. The largest absolute Gasteiger partial charge is 0.373 e. The monoisotopic (exact) mass is 234 g/mol. The highest BCUT2D eigenvalue weighted by Crippen LogP contribution is 2.44. The fourth-order valence-corrected chi connectivity index (χ4v) is 1.95. The fourth-order valence-electron chi connectivity index (χ4n) is 1.95. The van der Waals surface area contributed by atoms with Crippen molar-refractivity contribution < 1.29 is 0 Å². The Morgan fingerprint density at radius 1 is 1.29 bits per heavy atom. The van der Waals surface area contributed by atoms with Gasteiger partial charge in [0.15, 0.2) is 0 Å². The second-order valence-electron chi connectivity index (χ2n) is 5.21. The van der Waals surface area contributed by atoms with E-state index in [1.54, 1.807) is 6.33 Å². The predicted octanol–water partition coefficient (Wildman–Crippen LogP) is 2.68. The Labute approximate surface area is 103 Å². The molecule has 94 valence electrons. The fraction of sp³-hybridized carbons (Fsp3) is 0.692. The minimum absolute atomic E-state index is 0.494. The lowest BCUT2D eigenvalue weighted by Crippen LogP contribution is -2.15. The average Bonchev–Trinajstić information content (AvgIpc) is 3.07. The normalized spacial score (nSPS) is 16.6. The van der Waals surface area contributed by atoms with E-state index in [2.05, 4.69) is 34.4 Å². The highest BCUT2D eigenvalue weighted by molar-refractivity contribution is 5.57. The molecule has 1 heterocycles. The van der Waals surface area contributed by atoms with Gasteiger partial charge in [-0.2, -0.15) is 0 Å². The zero-order chi connectivity index (χ0) is 12.3. The van der Waals surface area contributed by atoms with Crippen LogP contribution in [0, 0.1) is 5.41 Å². The summed E-state index contributed by atoms with van der Waals surface area (Å²) in [4.78, 5) is 8.65. The molecule has 0 unspecified atom stereocenters.